The first-order valence-corrected chi connectivity index (χ1v) is 8.77. The van der Waals surface area contributed by atoms with E-state index in [1.807, 2.05) is 0 Å². The quantitative estimate of drug-likeness (QED) is 0.638. The molecule has 0 fully saturated rings. The Bertz CT molecular complexity index is 896. The minimum atomic E-state index is -4.62. The summed E-state index contributed by atoms with van der Waals surface area (Å²) in [5, 5.41) is 4.71. The predicted molar refractivity (Wildman–Crippen MR) is 101 cm³/mol. The fraction of sp³-hybridized carbons (Fsp3) is 0.278. The number of carbonyl (C=O) groups is 2. The zero-order valence-corrected chi connectivity index (χ0v) is 16.7. The Balaban J connectivity index is 2.35. The third-order valence-corrected chi connectivity index (χ3v) is 3.63. The van der Waals surface area contributed by atoms with Crippen molar-refractivity contribution in [3.05, 3.63) is 52.3 Å². The van der Waals surface area contributed by atoms with Gasteiger partial charge in [-0.15, -0.1) is 0 Å². The van der Waals surface area contributed by atoms with E-state index in [1.54, 1.807) is 20.8 Å². The lowest BCUT2D eigenvalue weighted by Crippen LogP contribution is -2.27. The minimum absolute atomic E-state index is 0.0430. The molecule has 1 heterocycles. The summed E-state index contributed by atoms with van der Waals surface area (Å²) in [5.74, 6) is -0.694. The van der Waals surface area contributed by atoms with Gasteiger partial charge in [-0.3, -0.25) is 15.1 Å². The van der Waals surface area contributed by atoms with Gasteiger partial charge in [-0.25, -0.2) is 4.79 Å². The monoisotopic (exact) mass is 459 g/mol. The van der Waals surface area contributed by atoms with Crippen LogP contribution in [0.3, 0.4) is 0 Å². The van der Waals surface area contributed by atoms with Crippen molar-refractivity contribution in [2.75, 3.05) is 10.6 Å². The van der Waals surface area contributed by atoms with E-state index < -0.39 is 29.3 Å². The van der Waals surface area contributed by atoms with Crippen LogP contribution in [0.5, 0.6) is 0 Å². The van der Waals surface area contributed by atoms with Gasteiger partial charge >= 0.3 is 12.3 Å². The zero-order valence-electron chi connectivity index (χ0n) is 15.1. The smallest absolute Gasteiger partial charge is 0.416 e. The molecule has 0 aliphatic heterocycles. The molecule has 28 heavy (non-hydrogen) atoms. The number of nitrogens with zero attached hydrogens (tertiary/aromatic N) is 1. The second-order valence-corrected chi connectivity index (χ2v) is 7.65. The molecule has 0 unspecified atom stereocenters. The summed E-state index contributed by atoms with van der Waals surface area (Å²) in [5.41, 5.74) is -1.94. The van der Waals surface area contributed by atoms with Crippen molar-refractivity contribution >= 4 is 39.3 Å². The molecule has 2 aromatic rings. The van der Waals surface area contributed by atoms with Crippen LogP contribution in [-0.4, -0.2) is 22.6 Å². The Kier molecular flexibility index (Phi) is 6.33. The van der Waals surface area contributed by atoms with Crippen molar-refractivity contribution < 1.29 is 27.5 Å². The normalized spacial score (nSPS) is 11.7. The maximum absolute atomic E-state index is 13.1. The van der Waals surface area contributed by atoms with E-state index >= 15 is 0 Å². The summed E-state index contributed by atoms with van der Waals surface area (Å²) >= 11 is 3.16. The molecule has 2 N–H and O–H groups in total. The van der Waals surface area contributed by atoms with Crippen LogP contribution in [0.1, 0.15) is 36.7 Å². The number of carbonyl (C=O) groups excluding carboxylic acids is 2. The molecule has 1 aromatic carbocycles. The number of nitrogens with one attached hydrogen (secondary N) is 2. The van der Waals surface area contributed by atoms with E-state index in [-0.39, 0.29) is 16.9 Å². The fourth-order valence-corrected chi connectivity index (χ4v) is 2.44. The number of ether oxygens (including phenoxy) is 1. The lowest BCUT2D eigenvalue weighted by molar-refractivity contribution is -0.137. The Morgan fingerprint density at radius 1 is 1.04 bits per heavy atom. The van der Waals surface area contributed by atoms with Crippen molar-refractivity contribution in [3.63, 3.8) is 0 Å². The van der Waals surface area contributed by atoms with Crippen LogP contribution in [0.2, 0.25) is 0 Å². The third kappa shape index (κ3) is 6.22. The minimum Gasteiger partial charge on any atom is -0.444 e. The Labute approximate surface area is 167 Å². The molecule has 2 amide bonds. The van der Waals surface area contributed by atoms with Gasteiger partial charge in [0.05, 0.1) is 22.5 Å². The fourth-order valence-electron chi connectivity index (χ4n) is 2.08. The molecule has 0 saturated heterocycles. The topological polar surface area (TPSA) is 80.3 Å². The molecule has 0 atom stereocenters. The molecule has 0 aliphatic carbocycles. The number of pyridine rings is 1. The lowest BCUT2D eigenvalue weighted by atomic mass is 10.1. The summed E-state index contributed by atoms with van der Waals surface area (Å²) in [7, 11) is 0. The maximum atomic E-state index is 13.1. The van der Waals surface area contributed by atoms with Crippen LogP contribution < -0.4 is 10.6 Å². The van der Waals surface area contributed by atoms with E-state index in [4.69, 9.17) is 4.74 Å². The second-order valence-electron chi connectivity index (χ2n) is 6.73. The maximum Gasteiger partial charge on any atom is 0.416 e. The number of alkyl halides is 3. The number of rotatable bonds is 3. The highest BCUT2D eigenvalue weighted by Crippen LogP contribution is 2.34. The molecule has 2 rings (SSSR count). The van der Waals surface area contributed by atoms with Gasteiger partial charge in [0.25, 0.3) is 5.91 Å². The molecule has 0 aliphatic rings. The van der Waals surface area contributed by atoms with Crippen molar-refractivity contribution in [2.24, 2.45) is 0 Å². The number of halogens is 4. The van der Waals surface area contributed by atoms with E-state index in [2.05, 4.69) is 31.5 Å². The SMILES string of the molecule is CC(C)(C)OC(=O)Nc1ccc(C(F)(F)F)cc1NC(=O)c1cncc(Br)c1. The van der Waals surface area contributed by atoms with Gasteiger partial charge in [0.15, 0.2) is 0 Å². The van der Waals surface area contributed by atoms with Crippen LogP contribution in [0.25, 0.3) is 0 Å². The average Bonchev–Trinajstić information content (AvgIpc) is 2.53. The molecule has 0 saturated carbocycles. The van der Waals surface area contributed by atoms with Crippen LogP contribution in [0.15, 0.2) is 41.1 Å². The molecule has 10 heteroatoms. The average molecular weight is 460 g/mol. The first kappa shape index (κ1) is 21.7. The van der Waals surface area contributed by atoms with Crippen LogP contribution in [0.4, 0.5) is 29.3 Å². The standard InChI is InChI=1S/C18H17BrF3N3O3/c1-17(2,3)28-16(27)25-13-5-4-11(18(20,21)22)7-14(13)24-15(26)10-6-12(19)9-23-8-10/h4-9H,1-3H3,(H,24,26)(H,25,27). The van der Waals surface area contributed by atoms with Gasteiger partial charge in [-0.05, 0) is 61.0 Å². The van der Waals surface area contributed by atoms with Gasteiger partial charge in [0, 0.05) is 16.9 Å². The molecular weight excluding hydrogens is 443 g/mol. The first-order valence-electron chi connectivity index (χ1n) is 7.98. The summed E-state index contributed by atoms with van der Waals surface area (Å²) in [4.78, 5) is 28.2. The molecule has 0 radical (unpaired) electrons. The summed E-state index contributed by atoms with van der Waals surface area (Å²) in [6.45, 7) is 4.92. The highest BCUT2D eigenvalue weighted by molar-refractivity contribution is 9.10. The summed E-state index contributed by atoms with van der Waals surface area (Å²) < 4.78 is 44.8. The summed E-state index contributed by atoms with van der Waals surface area (Å²) in [6.07, 6.45) is -2.78. The Morgan fingerprint density at radius 3 is 2.29 bits per heavy atom. The number of amides is 2. The lowest BCUT2D eigenvalue weighted by Gasteiger charge is -2.21. The third-order valence-electron chi connectivity index (χ3n) is 3.20. The molecule has 0 bridgehead atoms. The van der Waals surface area contributed by atoms with Crippen molar-refractivity contribution in [1.29, 1.82) is 0 Å². The van der Waals surface area contributed by atoms with E-state index in [1.165, 1.54) is 18.5 Å². The van der Waals surface area contributed by atoms with E-state index in [0.717, 1.165) is 18.2 Å². The molecule has 6 nitrogen and oxygen atoms in total. The highest BCUT2D eigenvalue weighted by atomic mass is 79.9. The number of hydrogen-bond acceptors (Lipinski definition) is 4. The van der Waals surface area contributed by atoms with Gasteiger partial charge < -0.3 is 10.1 Å². The van der Waals surface area contributed by atoms with E-state index in [9.17, 15) is 22.8 Å². The highest BCUT2D eigenvalue weighted by Gasteiger charge is 2.31. The Morgan fingerprint density at radius 2 is 1.71 bits per heavy atom. The molecule has 1 aromatic heterocycles. The van der Waals surface area contributed by atoms with Crippen LogP contribution in [-0.2, 0) is 10.9 Å². The van der Waals surface area contributed by atoms with Crippen molar-refractivity contribution in [2.45, 2.75) is 32.5 Å². The van der Waals surface area contributed by atoms with Crippen LogP contribution >= 0.6 is 15.9 Å². The van der Waals surface area contributed by atoms with Gasteiger partial charge in [-0.2, -0.15) is 13.2 Å². The second kappa shape index (κ2) is 8.17. The zero-order chi connectivity index (χ0) is 21.1. The van der Waals surface area contributed by atoms with Crippen molar-refractivity contribution in [3.8, 4) is 0 Å². The largest absolute Gasteiger partial charge is 0.444 e. The summed E-state index contributed by atoms with van der Waals surface area (Å²) in [6, 6.07) is 4.03. The van der Waals surface area contributed by atoms with Gasteiger partial charge in [0.2, 0.25) is 0 Å². The van der Waals surface area contributed by atoms with E-state index in [0.29, 0.717) is 4.47 Å². The molecule has 150 valence electrons. The van der Waals surface area contributed by atoms with Gasteiger partial charge in [-0.1, -0.05) is 0 Å². The first-order chi connectivity index (χ1) is 12.8. The molecular formula is C18H17BrF3N3O3. The number of benzene rings is 1. The number of hydrogen-bond donors (Lipinski definition) is 2. The Hall–Kier alpha value is -2.62. The number of anilines is 2. The van der Waals surface area contributed by atoms with Crippen molar-refractivity contribution in [1.82, 2.24) is 4.98 Å². The van der Waals surface area contributed by atoms with Gasteiger partial charge in [0.1, 0.15) is 5.60 Å². The van der Waals surface area contributed by atoms with Crippen LogP contribution in [0, 0.1) is 0 Å². The molecule has 0 spiro atoms. The number of aromatic nitrogens is 1. The predicted octanol–water partition coefficient (Wildman–Crippen LogP) is 5.46.